The minimum atomic E-state index is 0.643. The number of thioether (sulfide) groups is 1. The highest BCUT2D eigenvalue weighted by Gasteiger charge is 2.08. The van der Waals surface area contributed by atoms with Gasteiger partial charge in [0, 0.05) is 10.8 Å². The van der Waals surface area contributed by atoms with Gasteiger partial charge in [0.1, 0.15) is 0 Å². The van der Waals surface area contributed by atoms with Crippen LogP contribution in [0.3, 0.4) is 0 Å². The molecule has 0 saturated heterocycles. The molecule has 0 unspecified atom stereocenters. The molecule has 0 amide bonds. The van der Waals surface area contributed by atoms with Gasteiger partial charge in [0.05, 0.1) is 15.2 Å². The van der Waals surface area contributed by atoms with Crippen molar-refractivity contribution in [1.82, 2.24) is 4.98 Å². The van der Waals surface area contributed by atoms with Crippen LogP contribution in [-0.4, -0.2) is 10.7 Å². The molecular formula is C10H9Cl2NS2. The maximum Gasteiger partial charge on any atom is 0.151 e. The first kappa shape index (κ1) is 11.5. The molecule has 0 radical (unpaired) electrons. The molecular weight excluding hydrogens is 269 g/mol. The van der Waals surface area contributed by atoms with Crippen LogP contribution >= 0.6 is 46.3 Å². The summed E-state index contributed by atoms with van der Waals surface area (Å²) in [5.74, 6) is 1.09. The lowest BCUT2D eigenvalue weighted by Gasteiger charge is -1.92. The number of benzene rings is 1. The number of aromatic nitrogens is 1. The lowest BCUT2D eigenvalue weighted by Crippen LogP contribution is -1.73. The molecule has 0 N–H and O–H groups in total. The highest BCUT2D eigenvalue weighted by molar-refractivity contribution is 8.01. The van der Waals surface area contributed by atoms with Crippen molar-refractivity contribution in [2.75, 3.05) is 5.75 Å². The second kappa shape index (κ2) is 4.91. The highest BCUT2D eigenvalue weighted by Crippen LogP contribution is 2.36. The molecule has 1 aromatic carbocycles. The van der Waals surface area contributed by atoms with Gasteiger partial charge in [-0.1, -0.05) is 41.9 Å². The molecule has 0 spiro atoms. The zero-order valence-corrected chi connectivity index (χ0v) is 11.2. The van der Waals surface area contributed by atoms with E-state index in [2.05, 4.69) is 11.9 Å². The summed E-state index contributed by atoms with van der Waals surface area (Å²) in [5, 5.41) is 1.34. The Kier molecular flexibility index (Phi) is 3.78. The lowest BCUT2D eigenvalue weighted by atomic mass is 10.3. The first-order valence-corrected chi connectivity index (χ1v) is 7.15. The number of thiazole rings is 1. The van der Waals surface area contributed by atoms with Gasteiger partial charge in [-0.25, -0.2) is 4.98 Å². The van der Waals surface area contributed by atoms with E-state index in [0.29, 0.717) is 10.0 Å². The van der Waals surface area contributed by atoms with Crippen molar-refractivity contribution in [3.8, 4) is 0 Å². The van der Waals surface area contributed by atoms with E-state index >= 15 is 0 Å². The van der Waals surface area contributed by atoms with Gasteiger partial charge >= 0.3 is 0 Å². The summed E-state index contributed by atoms with van der Waals surface area (Å²) in [6.45, 7) is 2.16. The minimum Gasteiger partial charge on any atom is -0.230 e. The molecule has 5 heteroatoms. The Bertz CT molecular complexity index is 481. The Labute approximate surface area is 107 Å². The fourth-order valence-corrected chi connectivity index (χ4v) is 3.75. The SMILES string of the molecule is CCCSc1nc2cc(Cl)cc(Cl)c2s1. The van der Waals surface area contributed by atoms with Crippen molar-refractivity contribution < 1.29 is 0 Å². The monoisotopic (exact) mass is 277 g/mol. The maximum atomic E-state index is 6.09. The first-order valence-electron chi connectivity index (χ1n) is 4.59. The van der Waals surface area contributed by atoms with Gasteiger partial charge in [-0.05, 0) is 18.6 Å². The summed E-state index contributed by atoms with van der Waals surface area (Å²) in [6.07, 6.45) is 1.15. The molecule has 1 aromatic heterocycles. The van der Waals surface area contributed by atoms with Gasteiger partial charge in [0.15, 0.2) is 4.34 Å². The van der Waals surface area contributed by atoms with E-state index in [1.54, 1.807) is 29.2 Å². The summed E-state index contributed by atoms with van der Waals surface area (Å²) in [5.41, 5.74) is 0.899. The molecule has 2 aromatic rings. The smallest absolute Gasteiger partial charge is 0.151 e. The third kappa shape index (κ3) is 2.59. The van der Waals surface area contributed by atoms with Crippen molar-refractivity contribution in [3.05, 3.63) is 22.2 Å². The average molecular weight is 278 g/mol. The Morgan fingerprint density at radius 3 is 2.93 bits per heavy atom. The van der Waals surface area contributed by atoms with Crippen LogP contribution in [0.15, 0.2) is 16.5 Å². The quantitative estimate of drug-likeness (QED) is 0.724. The maximum absolute atomic E-state index is 6.09. The second-order valence-electron chi connectivity index (χ2n) is 3.06. The van der Waals surface area contributed by atoms with Crippen LogP contribution in [0.4, 0.5) is 0 Å². The number of rotatable bonds is 3. The molecule has 1 heterocycles. The first-order chi connectivity index (χ1) is 7.20. The van der Waals surface area contributed by atoms with Crippen LogP contribution in [0, 0.1) is 0 Å². The number of hydrogen-bond acceptors (Lipinski definition) is 3. The van der Waals surface area contributed by atoms with Crippen LogP contribution in [0.5, 0.6) is 0 Å². The van der Waals surface area contributed by atoms with Crippen molar-refractivity contribution in [1.29, 1.82) is 0 Å². The molecule has 0 bridgehead atoms. The molecule has 80 valence electrons. The fourth-order valence-electron chi connectivity index (χ4n) is 1.19. The van der Waals surface area contributed by atoms with Gasteiger partial charge in [0.25, 0.3) is 0 Å². The topological polar surface area (TPSA) is 12.9 Å². The van der Waals surface area contributed by atoms with Crippen LogP contribution in [0.1, 0.15) is 13.3 Å². The predicted octanol–water partition coefficient (Wildman–Crippen LogP) is 5.11. The second-order valence-corrected chi connectivity index (χ2v) is 6.25. The summed E-state index contributed by atoms with van der Waals surface area (Å²) < 4.78 is 2.09. The summed E-state index contributed by atoms with van der Waals surface area (Å²) in [7, 11) is 0. The molecule has 0 fully saturated rings. The molecule has 0 saturated carbocycles. The fraction of sp³-hybridized carbons (Fsp3) is 0.300. The summed E-state index contributed by atoms with van der Waals surface area (Å²) in [6, 6.07) is 3.62. The van der Waals surface area contributed by atoms with Crippen LogP contribution in [-0.2, 0) is 0 Å². The molecule has 0 aliphatic carbocycles. The zero-order chi connectivity index (χ0) is 10.8. The third-order valence-corrected chi connectivity index (χ3v) is 4.90. The number of hydrogen-bond donors (Lipinski definition) is 0. The Balaban J connectivity index is 2.41. The standard InChI is InChI=1S/C10H9Cl2NS2/c1-2-3-14-10-13-8-5-6(11)4-7(12)9(8)15-10/h4-5H,2-3H2,1H3. The zero-order valence-electron chi connectivity index (χ0n) is 8.09. The predicted molar refractivity (Wildman–Crippen MR) is 70.7 cm³/mol. The summed E-state index contributed by atoms with van der Waals surface area (Å²) in [4.78, 5) is 4.48. The van der Waals surface area contributed by atoms with E-state index in [4.69, 9.17) is 23.2 Å². The van der Waals surface area contributed by atoms with Gasteiger partial charge in [0.2, 0.25) is 0 Å². The van der Waals surface area contributed by atoms with Gasteiger partial charge in [-0.3, -0.25) is 0 Å². The van der Waals surface area contributed by atoms with Gasteiger partial charge < -0.3 is 0 Å². The molecule has 0 aliphatic heterocycles. The van der Waals surface area contributed by atoms with Crippen molar-refractivity contribution in [3.63, 3.8) is 0 Å². The molecule has 0 atom stereocenters. The van der Waals surface area contributed by atoms with E-state index in [9.17, 15) is 0 Å². The molecule has 2 rings (SSSR count). The van der Waals surface area contributed by atoms with Crippen molar-refractivity contribution in [2.24, 2.45) is 0 Å². The van der Waals surface area contributed by atoms with E-state index in [1.165, 1.54) is 0 Å². The van der Waals surface area contributed by atoms with Crippen LogP contribution in [0.25, 0.3) is 10.2 Å². The average Bonchev–Trinajstić information content (AvgIpc) is 2.57. The Hall–Kier alpha value is 0.0400. The molecule has 1 nitrogen and oxygen atoms in total. The Morgan fingerprint density at radius 1 is 1.40 bits per heavy atom. The third-order valence-electron chi connectivity index (χ3n) is 1.82. The molecule has 15 heavy (non-hydrogen) atoms. The number of halogens is 2. The van der Waals surface area contributed by atoms with Crippen LogP contribution in [0.2, 0.25) is 10.0 Å². The lowest BCUT2D eigenvalue weighted by molar-refractivity contribution is 1.10. The van der Waals surface area contributed by atoms with E-state index < -0.39 is 0 Å². The highest BCUT2D eigenvalue weighted by atomic mass is 35.5. The van der Waals surface area contributed by atoms with E-state index in [1.807, 2.05) is 6.07 Å². The Morgan fingerprint density at radius 2 is 2.20 bits per heavy atom. The van der Waals surface area contributed by atoms with Gasteiger partial charge in [-0.2, -0.15) is 0 Å². The van der Waals surface area contributed by atoms with Crippen LogP contribution < -0.4 is 0 Å². The largest absolute Gasteiger partial charge is 0.230 e. The van der Waals surface area contributed by atoms with E-state index in [0.717, 1.165) is 26.7 Å². The molecule has 0 aliphatic rings. The van der Waals surface area contributed by atoms with Crippen molar-refractivity contribution in [2.45, 2.75) is 17.7 Å². The summed E-state index contributed by atoms with van der Waals surface area (Å²) >= 11 is 15.4. The van der Waals surface area contributed by atoms with Gasteiger partial charge in [-0.15, -0.1) is 11.3 Å². The van der Waals surface area contributed by atoms with E-state index in [-0.39, 0.29) is 0 Å². The number of fused-ring (bicyclic) bond motifs is 1. The number of nitrogens with zero attached hydrogens (tertiary/aromatic N) is 1. The normalized spacial score (nSPS) is 11.1. The minimum absolute atomic E-state index is 0.643. The van der Waals surface area contributed by atoms with Crippen molar-refractivity contribution >= 4 is 56.5 Å².